The molecule has 4 rings (SSSR count). The molecule has 1 unspecified atom stereocenters. The van der Waals surface area contributed by atoms with Gasteiger partial charge in [-0.1, -0.05) is 17.7 Å². The predicted molar refractivity (Wildman–Crippen MR) is 126 cm³/mol. The summed E-state index contributed by atoms with van der Waals surface area (Å²) in [6.45, 7) is 2.32. The van der Waals surface area contributed by atoms with Crippen molar-refractivity contribution in [3.8, 4) is 0 Å². The van der Waals surface area contributed by atoms with E-state index < -0.39 is 0 Å². The van der Waals surface area contributed by atoms with Gasteiger partial charge in [0.2, 0.25) is 5.91 Å². The molecular formula is C27H25FN2O4. The van der Waals surface area contributed by atoms with Crippen molar-refractivity contribution in [1.82, 2.24) is 10.3 Å². The molecule has 2 aliphatic rings. The zero-order chi connectivity index (χ0) is 24.2. The van der Waals surface area contributed by atoms with Crippen LogP contribution in [0.1, 0.15) is 36.0 Å². The van der Waals surface area contributed by atoms with Crippen molar-refractivity contribution in [2.24, 2.45) is 0 Å². The van der Waals surface area contributed by atoms with Crippen LogP contribution < -0.4 is 5.32 Å². The average molecular weight is 461 g/mol. The van der Waals surface area contributed by atoms with Gasteiger partial charge >= 0.3 is 0 Å². The first-order valence-corrected chi connectivity index (χ1v) is 10.8. The number of amides is 1. The van der Waals surface area contributed by atoms with Crippen LogP contribution in [-0.2, 0) is 25.6 Å². The van der Waals surface area contributed by atoms with Gasteiger partial charge in [0.05, 0.1) is 14.2 Å². The zero-order valence-corrected chi connectivity index (χ0v) is 19.2. The van der Waals surface area contributed by atoms with Crippen molar-refractivity contribution >= 4 is 17.3 Å². The van der Waals surface area contributed by atoms with E-state index in [-0.39, 0.29) is 41.4 Å². The Bertz CT molecular complexity index is 1230. The molecule has 0 saturated carbocycles. The largest absolute Gasteiger partial charge is 0.492 e. The quantitative estimate of drug-likeness (QED) is 0.664. The zero-order valence-electron chi connectivity index (χ0n) is 19.2. The van der Waals surface area contributed by atoms with E-state index in [4.69, 9.17) is 9.47 Å². The monoisotopic (exact) mass is 460 g/mol. The highest BCUT2D eigenvalue weighted by molar-refractivity contribution is 6.07. The van der Waals surface area contributed by atoms with E-state index in [0.29, 0.717) is 12.1 Å². The van der Waals surface area contributed by atoms with Gasteiger partial charge in [-0.3, -0.25) is 14.6 Å². The molecule has 0 radical (unpaired) electrons. The highest BCUT2D eigenvalue weighted by Crippen LogP contribution is 2.45. The van der Waals surface area contributed by atoms with Gasteiger partial charge in [-0.2, -0.15) is 0 Å². The van der Waals surface area contributed by atoms with Crippen molar-refractivity contribution in [1.29, 1.82) is 0 Å². The van der Waals surface area contributed by atoms with Crippen LogP contribution in [-0.4, -0.2) is 30.9 Å². The molecular weight excluding hydrogens is 435 g/mol. The number of fused-ring (bicyclic) bond motifs is 1. The molecule has 34 heavy (non-hydrogen) atoms. The van der Waals surface area contributed by atoms with Crippen molar-refractivity contribution < 1.29 is 23.5 Å². The Morgan fingerprint density at radius 1 is 1.18 bits per heavy atom. The normalized spacial score (nSPS) is 17.1. The van der Waals surface area contributed by atoms with Crippen LogP contribution in [0.25, 0.3) is 5.57 Å². The minimum Gasteiger partial charge on any atom is -0.492 e. The van der Waals surface area contributed by atoms with Crippen LogP contribution in [0.4, 0.5) is 4.39 Å². The number of allylic oxidation sites excluding steroid dienone is 6. The number of ketones is 1. The van der Waals surface area contributed by atoms with Gasteiger partial charge in [0.1, 0.15) is 5.82 Å². The van der Waals surface area contributed by atoms with Crippen LogP contribution in [0, 0.1) is 5.82 Å². The Kier molecular flexibility index (Phi) is 6.72. The molecule has 0 fully saturated rings. The fourth-order valence-corrected chi connectivity index (χ4v) is 4.27. The molecule has 2 aromatic rings. The van der Waals surface area contributed by atoms with Crippen molar-refractivity contribution in [2.75, 3.05) is 14.2 Å². The molecule has 1 aromatic carbocycles. The standard InChI is InChI=1S/C27H25FN2O4/c1-16-21(9-18-10-24(33-2)27(32)25(11-18)34-3)20-7-6-19(28)12-23(20)22(16)13-26(31)30-15-17-5-4-8-29-14-17/h4-12,14,22H,13,15H2,1-3H3,(H,30,31). The number of aromatic nitrogens is 1. The number of benzene rings is 1. The van der Waals surface area contributed by atoms with Gasteiger partial charge in [0.25, 0.3) is 5.78 Å². The molecule has 7 heteroatoms. The summed E-state index contributed by atoms with van der Waals surface area (Å²) in [5.41, 5.74) is 5.05. The van der Waals surface area contributed by atoms with E-state index in [1.165, 1.54) is 26.4 Å². The third kappa shape index (κ3) is 4.69. The molecule has 0 saturated heterocycles. The van der Waals surface area contributed by atoms with Crippen molar-refractivity contribution in [2.45, 2.75) is 25.8 Å². The number of carbonyl (C=O) groups is 2. The molecule has 1 aromatic heterocycles. The van der Waals surface area contributed by atoms with Crippen LogP contribution >= 0.6 is 0 Å². The predicted octanol–water partition coefficient (Wildman–Crippen LogP) is 4.37. The van der Waals surface area contributed by atoms with Crippen molar-refractivity contribution in [3.63, 3.8) is 0 Å². The fraction of sp³-hybridized carbons (Fsp3) is 0.222. The Hall–Kier alpha value is -4.00. The summed E-state index contributed by atoms with van der Waals surface area (Å²) in [6, 6.07) is 8.33. The second-order valence-electron chi connectivity index (χ2n) is 8.12. The first-order chi connectivity index (χ1) is 16.4. The van der Waals surface area contributed by atoms with E-state index in [0.717, 1.165) is 27.8 Å². The number of ether oxygens (including phenoxy) is 2. The number of hydrogen-bond donors (Lipinski definition) is 1. The second kappa shape index (κ2) is 9.87. The number of nitrogens with one attached hydrogen (secondary N) is 1. The van der Waals surface area contributed by atoms with Crippen LogP contribution in [0.2, 0.25) is 0 Å². The molecule has 0 bridgehead atoms. The number of nitrogens with zero attached hydrogens (tertiary/aromatic N) is 1. The Labute approximate surface area is 197 Å². The van der Waals surface area contributed by atoms with Gasteiger partial charge in [-0.25, -0.2) is 4.39 Å². The summed E-state index contributed by atoms with van der Waals surface area (Å²) in [5.74, 6) is -0.741. The number of halogens is 1. The summed E-state index contributed by atoms with van der Waals surface area (Å²) in [5, 5.41) is 2.92. The maximum Gasteiger partial charge on any atom is 0.261 e. The van der Waals surface area contributed by atoms with E-state index >= 15 is 0 Å². The molecule has 1 amide bonds. The lowest BCUT2D eigenvalue weighted by Gasteiger charge is -2.15. The topological polar surface area (TPSA) is 77.5 Å². The summed E-state index contributed by atoms with van der Waals surface area (Å²) in [7, 11) is 2.86. The van der Waals surface area contributed by atoms with Gasteiger partial charge in [0, 0.05) is 31.3 Å². The van der Waals surface area contributed by atoms with E-state index in [1.54, 1.807) is 30.6 Å². The molecule has 0 spiro atoms. The van der Waals surface area contributed by atoms with Gasteiger partial charge in [-0.15, -0.1) is 0 Å². The lowest BCUT2D eigenvalue weighted by atomic mass is 9.92. The summed E-state index contributed by atoms with van der Waals surface area (Å²) >= 11 is 0. The maximum absolute atomic E-state index is 14.2. The summed E-state index contributed by atoms with van der Waals surface area (Å²) < 4.78 is 24.6. The Morgan fingerprint density at radius 2 is 1.91 bits per heavy atom. The van der Waals surface area contributed by atoms with Gasteiger partial charge in [0.15, 0.2) is 11.5 Å². The second-order valence-corrected chi connectivity index (χ2v) is 8.12. The highest BCUT2D eigenvalue weighted by Gasteiger charge is 2.30. The average Bonchev–Trinajstić information content (AvgIpc) is 3.09. The van der Waals surface area contributed by atoms with Crippen molar-refractivity contribution in [3.05, 3.63) is 106 Å². The molecule has 1 heterocycles. The Morgan fingerprint density at radius 3 is 2.56 bits per heavy atom. The third-order valence-electron chi connectivity index (χ3n) is 6.02. The van der Waals surface area contributed by atoms with Crippen LogP contribution in [0.3, 0.4) is 0 Å². The number of carbonyl (C=O) groups excluding carboxylic acids is 2. The van der Waals surface area contributed by atoms with E-state index in [1.807, 2.05) is 25.1 Å². The van der Waals surface area contributed by atoms with E-state index in [2.05, 4.69) is 10.3 Å². The van der Waals surface area contributed by atoms with Crippen LogP contribution in [0.15, 0.2) is 83.6 Å². The molecule has 0 aliphatic heterocycles. The maximum atomic E-state index is 14.2. The molecule has 6 nitrogen and oxygen atoms in total. The number of rotatable bonds is 7. The lowest BCUT2D eigenvalue weighted by Crippen LogP contribution is -2.24. The number of pyridine rings is 1. The number of methoxy groups -OCH3 is 2. The first-order valence-electron chi connectivity index (χ1n) is 10.8. The smallest absolute Gasteiger partial charge is 0.261 e. The van der Waals surface area contributed by atoms with Gasteiger partial charge in [-0.05, 0) is 71.2 Å². The van der Waals surface area contributed by atoms with Crippen LogP contribution in [0.5, 0.6) is 0 Å². The van der Waals surface area contributed by atoms with E-state index in [9.17, 15) is 14.0 Å². The molecule has 2 aliphatic carbocycles. The summed E-state index contributed by atoms with van der Waals surface area (Å²) in [6.07, 6.45) is 8.76. The minimum atomic E-state index is -0.354. The SMILES string of the molecule is COC1=CC(=CC2=C(C)C(CC(=O)NCc3cccnc3)c3cc(F)ccc32)C=C(OC)C1=O. The molecule has 1 atom stereocenters. The first kappa shape index (κ1) is 23.2. The molecule has 1 N–H and O–H groups in total. The lowest BCUT2D eigenvalue weighted by molar-refractivity contribution is -0.121. The number of Topliss-reactive ketones (excluding diaryl/α,β-unsaturated/α-hetero) is 1. The highest BCUT2D eigenvalue weighted by atomic mass is 19.1. The minimum absolute atomic E-state index is 0.135. The van der Waals surface area contributed by atoms with Gasteiger partial charge < -0.3 is 14.8 Å². The third-order valence-corrected chi connectivity index (χ3v) is 6.02. The summed E-state index contributed by atoms with van der Waals surface area (Å²) in [4.78, 5) is 29.1. The molecule has 174 valence electrons. The number of hydrogen-bond acceptors (Lipinski definition) is 5. The Balaban J connectivity index is 1.64. The fourth-order valence-electron chi connectivity index (χ4n) is 4.27.